The SMILES string of the molecule is Cc1cscc1C(=O)C1CCCS1. The van der Waals surface area contributed by atoms with Gasteiger partial charge in [-0.1, -0.05) is 0 Å². The third-order valence-corrected chi connectivity index (χ3v) is 4.58. The van der Waals surface area contributed by atoms with E-state index in [0.717, 1.165) is 23.3 Å². The standard InChI is InChI=1S/C10H12OS2/c1-7-5-12-6-8(7)10(11)9-3-2-4-13-9/h5-6,9H,2-4H2,1H3. The lowest BCUT2D eigenvalue weighted by Gasteiger charge is -2.05. The maximum Gasteiger partial charge on any atom is 0.176 e. The lowest BCUT2D eigenvalue weighted by atomic mass is 10.1. The average molecular weight is 212 g/mol. The summed E-state index contributed by atoms with van der Waals surface area (Å²) in [6, 6.07) is 0. The van der Waals surface area contributed by atoms with Crippen molar-refractivity contribution in [3.05, 3.63) is 21.9 Å². The molecule has 1 atom stereocenters. The molecule has 1 aliphatic rings. The second-order valence-corrected chi connectivity index (χ2v) is 5.39. The van der Waals surface area contributed by atoms with Crippen LogP contribution in [0.25, 0.3) is 0 Å². The van der Waals surface area contributed by atoms with E-state index < -0.39 is 0 Å². The van der Waals surface area contributed by atoms with E-state index in [4.69, 9.17) is 0 Å². The second kappa shape index (κ2) is 3.84. The molecule has 1 fully saturated rings. The van der Waals surface area contributed by atoms with Gasteiger partial charge in [-0.15, -0.1) is 0 Å². The maximum atomic E-state index is 11.9. The molecule has 1 aromatic rings. The van der Waals surface area contributed by atoms with Crippen molar-refractivity contribution in [1.82, 2.24) is 0 Å². The van der Waals surface area contributed by atoms with Gasteiger partial charge in [0, 0.05) is 10.9 Å². The van der Waals surface area contributed by atoms with E-state index in [-0.39, 0.29) is 5.25 Å². The van der Waals surface area contributed by atoms with E-state index in [9.17, 15) is 4.79 Å². The Hall–Kier alpha value is -0.280. The van der Waals surface area contributed by atoms with Crippen LogP contribution < -0.4 is 0 Å². The highest BCUT2D eigenvalue weighted by Crippen LogP contribution is 2.30. The predicted molar refractivity (Wildman–Crippen MR) is 58.9 cm³/mol. The normalized spacial score (nSPS) is 22.1. The molecule has 3 heteroatoms. The highest BCUT2D eigenvalue weighted by Gasteiger charge is 2.25. The van der Waals surface area contributed by atoms with Crippen LogP contribution in [0.15, 0.2) is 10.8 Å². The summed E-state index contributed by atoms with van der Waals surface area (Å²) in [5.74, 6) is 1.50. The molecule has 0 spiro atoms. The molecule has 0 N–H and O–H groups in total. The largest absolute Gasteiger partial charge is 0.293 e. The summed E-state index contributed by atoms with van der Waals surface area (Å²) in [6.45, 7) is 2.02. The fourth-order valence-electron chi connectivity index (χ4n) is 1.57. The van der Waals surface area contributed by atoms with Crippen molar-refractivity contribution in [2.75, 3.05) is 5.75 Å². The van der Waals surface area contributed by atoms with Gasteiger partial charge in [-0.2, -0.15) is 23.1 Å². The molecule has 0 bridgehead atoms. The van der Waals surface area contributed by atoms with Crippen molar-refractivity contribution >= 4 is 28.9 Å². The molecule has 0 aromatic carbocycles. The summed E-state index contributed by atoms with van der Waals surface area (Å²) >= 11 is 3.44. The van der Waals surface area contributed by atoms with Gasteiger partial charge in [0.05, 0.1) is 5.25 Å². The average Bonchev–Trinajstić information content (AvgIpc) is 2.72. The maximum absolute atomic E-state index is 11.9. The van der Waals surface area contributed by atoms with Crippen LogP contribution in [0.3, 0.4) is 0 Å². The molecule has 70 valence electrons. The molecule has 13 heavy (non-hydrogen) atoms. The van der Waals surface area contributed by atoms with Crippen molar-refractivity contribution < 1.29 is 4.79 Å². The van der Waals surface area contributed by atoms with Crippen molar-refractivity contribution in [3.63, 3.8) is 0 Å². The first kappa shape index (κ1) is 9.28. The van der Waals surface area contributed by atoms with Gasteiger partial charge in [0.25, 0.3) is 0 Å². The van der Waals surface area contributed by atoms with Crippen LogP contribution in [0, 0.1) is 6.92 Å². The van der Waals surface area contributed by atoms with Gasteiger partial charge >= 0.3 is 0 Å². The predicted octanol–water partition coefficient (Wildman–Crippen LogP) is 3.13. The van der Waals surface area contributed by atoms with E-state index in [1.54, 1.807) is 11.3 Å². The van der Waals surface area contributed by atoms with Gasteiger partial charge in [0.15, 0.2) is 5.78 Å². The molecule has 1 nitrogen and oxygen atoms in total. The van der Waals surface area contributed by atoms with Crippen LogP contribution in [-0.4, -0.2) is 16.8 Å². The van der Waals surface area contributed by atoms with Gasteiger partial charge in [0.1, 0.15) is 0 Å². The van der Waals surface area contributed by atoms with E-state index in [0.29, 0.717) is 5.78 Å². The molecule has 0 radical (unpaired) electrons. The summed E-state index contributed by atoms with van der Waals surface area (Å²) in [7, 11) is 0. The van der Waals surface area contributed by atoms with Crippen molar-refractivity contribution in [3.8, 4) is 0 Å². The number of carbonyl (C=O) groups is 1. The van der Waals surface area contributed by atoms with E-state index in [2.05, 4.69) is 0 Å². The van der Waals surface area contributed by atoms with Crippen LogP contribution in [-0.2, 0) is 0 Å². The number of aryl methyl sites for hydroxylation is 1. The summed E-state index contributed by atoms with van der Waals surface area (Å²) in [4.78, 5) is 11.9. The van der Waals surface area contributed by atoms with Crippen molar-refractivity contribution in [2.24, 2.45) is 0 Å². The van der Waals surface area contributed by atoms with Gasteiger partial charge in [-0.25, -0.2) is 0 Å². The monoisotopic (exact) mass is 212 g/mol. The van der Waals surface area contributed by atoms with Crippen molar-refractivity contribution in [2.45, 2.75) is 25.0 Å². The lowest BCUT2D eigenvalue weighted by Crippen LogP contribution is -2.14. The van der Waals surface area contributed by atoms with Crippen LogP contribution in [0.5, 0.6) is 0 Å². The zero-order chi connectivity index (χ0) is 9.26. The number of rotatable bonds is 2. The Labute approximate surface area is 86.5 Å². The molecule has 1 saturated heterocycles. The molecule has 0 amide bonds. The number of carbonyl (C=O) groups excluding carboxylic acids is 1. The van der Waals surface area contributed by atoms with E-state index >= 15 is 0 Å². The van der Waals surface area contributed by atoms with Crippen LogP contribution in [0.1, 0.15) is 28.8 Å². The molecule has 1 aromatic heterocycles. The number of thiophene rings is 1. The van der Waals surface area contributed by atoms with Crippen molar-refractivity contribution in [1.29, 1.82) is 0 Å². The van der Waals surface area contributed by atoms with E-state index in [1.165, 1.54) is 6.42 Å². The zero-order valence-electron chi connectivity index (χ0n) is 7.58. The fourth-order valence-corrected chi connectivity index (χ4v) is 3.64. The lowest BCUT2D eigenvalue weighted by molar-refractivity contribution is 0.0988. The third-order valence-electron chi connectivity index (χ3n) is 2.34. The smallest absolute Gasteiger partial charge is 0.176 e. The molecule has 2 heterocycles. The highest BCUT2D eigenvalue weighted by atomic mass is 32.2. The van der Waals surface area contributed by atoms with Gasteiger partial charge in [0.2, 0.25) is 0 Å². The number of thioether (sulfide) groups is 1. The summed E-state index contributed by atoms with van der Waals surface area (Å²) in [5.41, 5.74) is 2.09. The van der Waals surface area contributed by atoms with Crippen LogP contribution in [0.2, 0.25) is 0 Å². The summed E-state index contributed by atoms with van der Waals surface area (Å²) in [6.07, 6.45) is 2.27. The first-order valence-electron chi connectivity index (χ1n) is 4.47. The van der Waals surface area contributed by atoms with Gasteiger partial charge < -0.3 is 0 Å². The Bertz CT molecular complexity index is 310. The minimum atomic E-state index is 0.244. The number of ketones is 1. The number of Topliss-reactive ketones (excluding diaryl/α,β-unsaturated/α-hetero) is 1. The van der Waals surface area contributed by atoms with E-state index in [1.807, 2.05) is 29.4 Å². The molecule has 0 aliphatic carbocycles. The summed E-state index contributed by atoms with van der Waals surface area (Å²) in [5, 5.41) is 4.27. The topological polar surface area (TPSA) is 17.1 Å². The number of hydrogen-bond donors (Lipinski definition) is 0. The molecule has 1 unspecified atom stereocenters. The molecule has 1 aliphatic heterocycles. The Balaban J connectivity index is 2.17. The molecular weight excluding hydrogens is 200 g/mol. The Morgan fingerprint density at radius 2 is 2.38 bits per heavy atom. The summed E-state index contributed by atoms with van der Waals surface area (Å²) < 4.78 is 0. The molecule has 0 saturated carbocycles. The third kappa shape index (κ3) is 1.81. The molecule has 2 rings (SSSR count). The fraction of sp³-hybridized carbons (Fsp3) is 0.500. The van der Waals surface area contributed by atoms with Gasteiger partial charge in [-0.3, -0.25) is 4.79 Å². The van der Waals surface area contributed by atoms with Crippen LogP contribution >= 0.6 is 23.1 Å². The Morgan fingerprint density at radius 1 is 1.54 bits per heavy atom. The zero-order valence-corrected chi connectivity index (χ0v) is 9.21. The quantitative estimate of drug-likeness (QED) is 0.701. The molecular formula is C10H12OS2. The highest BCUT2D eigenvalue weighted by molar-refractivity contribution is 8.00. The first-order valence-corrected chi connectivity index (χ1v) is 6.47. The van der Waals surface area contributed by atoms with Crippen LogP contribution in [0.4, 0.5) is 0 Å². The van der Waals surface area contributed by atoms with Gasteiger partial charge in [-0.05, 0) is 36.5 Å². The second-order valence-electron chi connectivity index (χ2n) is 3.33. The first-order chi connectivity index (χ1) is 6.29. The minimum absolute atomic E-state index is 0.244. The Kier molecular flexibility index (Phi) is 2.74. The number of hydrogen-bond acceptors (Lipinski definition) is 3. The Morgan fingerprint density at radius 3 is 2.92 bits per heavy atom. The minimum Gasteiger partial charge on any atom is -0.293 e.